The van der Waals surface area contributed by atoms with Gasteiger partial charge in [-0.15, -0.1) is 0 Å². The molecule has 1 aliphatic carbocycles. The average molecular weight is 379 g/mol. The van der Waals surface area contributed by atoms with Gasteiger partial charge in [0.2, 0.25) is 0 Å². The van der Waals surface area contributed by atoms with Crippen LogP contribution in [-0.2, 0) is 15.0 Å². The van der Waals surface area contributed by atoms with E-state index in [0.717, 1.165) is 16.9 Å². The zero-order valence-corrected chi connectivity index (χ0v) is 15.5. The van der Waals surface area contributed by atoms with Crippen LogP contribution in [0.15, 0.2) is 71.6 Å². The molecule has 7 heteroatoms. The molecular weight excluding hydrogens is 360 g/mol. The van der Waals surface area contributed by atoms with Gasteiger partial charge in [0, 0.05) is 53.5 Å². The number of ketones is 1. The number of fused-ring (bicyclic) bond motifs is 1. The predicted octanol–water partition coefficient (Wildman–Crippen LogP) is 2.03. The quantitative estimate of drug-likeness (QED) is 0.440. The van der Waals surface area contributed by atoms with Gasteiger partial charge in [-0.25, -0.2) is 0 Å². The molecule has 1 aromatic rings. The molecule has 0 spiro atoms. The fourth-order valence-corrected chi connectivity index (χ4v) is 3.53. The van der Waals surface area contributed by atoms with Crippen molar-refractivity contribution in [2.75, 3.05) is 11.4 Å². The van der Waals surface area contributed by atoms with Crippen LogP contribution < -0.4 is 10.0 Å². The zero-order valence-electron chi connectivity index (χ0n) is 15.5. The van der Waals surface area contributed by atoms with Crippen LogP contribution in [0.5, 0.6) is 0 Å². The van der Waals surface area contributed by atoms with Gasteiger partial charge in [-0.2, -0.15) is 0 Å². The van der Waals surface area contributed by atoms with Crippen LogP contribution in [0.4, 0.5) is 5.69 Å². The van der Waals surface area contributed by atoms with E-state index < -0.39 is 16.3 Å². The van der Waals surface area contributed by atoms with Crippen molar-refractivity contribution in [2.45, 2.75) is 25.7 Å². The second kappa shape index (κ2) is 7.26. The third-order valence-electron chi connectivity index (χ3n) is 4.96. The first-order valence-electron chi connectivity index (χ1n) is 8.79. The zero-order chi connectivity index (χ0) is 20.5. The molecule has 28 heavy (non-hydrogen) atoms. The van der Waals surface area contributed by atoms with Gasteiger partial charge in [-0.05, 0) is 29.9 Å². The van der Waals surface area contributed by atoms with E-state index in [1.165, 1.54) is 18.2 Å². The highest BCUT2D eigenvalue weighted by molar-refractivity contribution is 6.07. The Morgan fingerprint density at radius 2 is 1.93 bits per heavy atom. The van der Waals surface area contributed by atoms with Crippen molar-refractivity contribution in [3.8, 4) is 0 Å². The number of hydrogen-bond acceptors (Lipinski definition) is 6. The minimum Gasteiger partial charge on any atom is -0.550 e. The first-order valence-corrected chi connectivity index (χ1v) is 8.79. The SMILES string of the molecule is CC1(C)/C(=C\C=C2\C=C([N+](=O)[O-])C=CC2=O)N(CCC(=O)[O-])c2ccccc21. The van der Waals surface area contributed by atoms with Gasteiger partial charge in [0.1, 0.15) is 0 Å². The number of anilines is 1. The van der Waals surface area contributed by atoms with Crippen LogP contribution in [0, 0.1) is 10.1 Å². The molecule has 0 amide bonds. The van der Waals surface area contributed by atoms with Crippen molar-refractivity contribution in [3.63, 3.8) is 0 Å². The monoisotopic (exact) mass is 379 g/mol. The number of nitrogens with zero attached hydrogens (tertiary/aromatic N) is 2. The van der Waals surface area contributed by atoms with Gasteiger partial charge in [0.25, 0.3) is 5.70 Å². The van der Waals surface area contributed by atoms with Crippen molar-refractivity contribution >= 4 is 17.4 Å². The van der Waals surface area contributed by atoms with Crippen LogP contribution >= 0.6 is 0 Å². The lowest BCUT2D eigenvalue weighted by Gasteiger charge is -2.27. The number of carbonyl (C=O) groups excluding carboxylic acids is 2. The molecule has 144 valence electrons. The number of para-hydroxylation sites is 1. The van der Waals surface area contributed by atoms with Crippen molar-refractivity contribution in [1.82, 2.24) is 0 Å². The lowest BCUT2D eigenvalue weighted by molar-refractivity contribution is -0.419. The second-order valence-electron chi connectivity index (χ2n) is 7.11. The maximum absolute atomic E-state index is 12.1. The summed E-state index contributed by atoms with van der Waals surface area (Å²) in [5.41, 5.74) is 2.35. The van der Waals surface area contributed by atoms with E-state index >= 15 is 0 Å². The Balaban J connectivity index is 2.05. The van der Waals surface area contributed by atoms with Crippen LogP contribution in [-0.4, -0.2) is 23.2 Å². The molecular formula is C21H19N2O5-. The normalized spacial score (nSPS) is 20.4. The Hall–Kier alpha value is -3.48. The summed E-state index contributed by atoms with van der Waals surface area (Å²) in [6.07, 6.45) is 6.71. The van der Waals surface area contributed by atoms with E-state index in [1.54, 1.807) is 12.2 Å². The van der Waals surface area contributed by atoms with Crippen molar-refractivity contribution in [3.05, 3.63) is 87.3 Å². The molecule has 0 aromatic heterocycles. The standard InChI is InChI=1S/C21H20N2O5/c1-21(2)16-5-3-4-6-17(16)22(12-11-20(25)26)19(21)10-7-14-13-15(23(27)28)8-9-18(14)24/h3-10,13H,11-12H2,1-2H3,(H,25,26)/p-1/b14-7-,19-10+. The van der Waals surface area contributed by atoms with Gasteiger partial charge in [0.05, 0.1) is 4.92 Å². The number of aliphatic carboxylic acids is 1. The predicted molar refractivity (Wildman–Crippen MR) is 102 cm³/mol. The number of hydrogen-bond donors (Lipinski definition) is 0. The van der Waals surface area contributed by atoms with Crippen molar-refractivity contribution in [2.24, 2.45) is 0 Å². The maximum atomic E-state index is 12.1. The van der Waals surface area contributed by atoms with Gasteiger partial charge in [-0.1, -0.05) is 32.0 Å². The Morgan fingerprint density at radius 1 is 1.21 bits per heavy atom. The van der Waals surface area contributed by atoms with E-state index in [2.05, 4.69) is 0 Å². The molecule has 0 atom stereocenters. The van der Waals surface area contributed by atoms with E-state index in [1.807, 2.05) is 43.0 Å². The Bertz CT molecular complexity index is 982. The van der Waals surface area contributed by atoms with Gasteiger partial charge in [-0.3, -0.25) is 14.9 Å². The Labute approximate surface area is 162 Å². The number of allylic oxidation sites excluding steroid dienone is 7. The second-order valence-corrected chi connectivity index (χ2v) is 7.11. The lowest BCUT2D eigenvalue weighted by atomic mass is 9.83. The molecule has 0 saturated carbocycles. The molecule has 0 unspecified atom stereocenters. The molecule has 0 N–H and O–H groups in total. The summed E-state index contributed by atoms with van der Waals surface area (Å²) in [4.78, 5) is 35.4. The van der Waals surface area contributed by atoms with E-state index in [9.17, 15) is 24.8 Å². The van der Waals surface area contributed by atoms with Crippen LogP contribution in [0.1, 0.15) is 25.8 Å². The molecule has 0 saturated heterocycles. The van der Waals surface area contributed by atoms with Crippen LogP contribution in [0.3, 0.4) is 0 Å². The minimum absolute atomic E-state index is 0.147. The molecule has 1 aliphatic heterocycles. The van der Waals surface area contributed by atoms with E-state index in [0.29, 0.717) is 0 Å². The van der Waals surface area contributed by atoms with E-state index in [-0.39, 0.29) is 30.0 Å². The van der Waals surface area contributed by atoms with Crippen molar-refractivity contribution in [1.29, 1.82) is 0 Å². The molecule has 0 radical (unpaired) electrons. The summed E-state index contributed by atoms with van der Waals surface area (Å²) in [6.45, 7) is 4.24. The molecule has 0 bridgehead atoms. The highest BCUT2D eigenvalue weighted by Crippen LogP contribution is 2.47. The lowest BCUT2D eigenvalue weighted by Crippen LogP contribution is -2.31. The molecule has 1 heterocycles. The summed E-state index contributed by atoms with van der Waals surface area (Å²) >= 11 is 0. The van der Waals surface area contributed by atoms with Gasteiger partial charge >= 0.3 is 0 Å². The number of carbonyl (C=O) groups is 2. The molecule has 0 fully saturated rings. The van der Waals surface area contributed by atoms with Crippen molar-refractivity contribution < 1.29 is 19.6 Å². The Morgan fingerprint density at radius 3 is 2.61 bits per heavy atom. The third kappa shape index (κ3) is 3.51. The minimum atomic E-state index is -1.15. The molecule has 7 nitrogen and oxygen atoms in total. The highest BCUT2D eigenvalue weighted by Gasteiger charge is 2.39. The third-order valence-corrected chi connectivity index (χ3v) is 4.96. The number of carboxylic acid groups (broad SMARTS) is 1. The summed E-state index contributed by atoms with van der Waals surface area (Å²) in [5, 5.41) is 22.0. The molecule has 2 aliphatic rings. The summed E-state index contributed by atoms with van der Waals surface area (Å²) in [6, 6.07) is 7.69. The smallest absolute Gasteiger partial charge is 0.270 e. The van der Waals surface area contributed by atoms with Gasteiger partial charge < -0.3 is 14.8 Å². The van der Waals surface area contributed by atoms with Crippen LogP contribution in [0.25, 0.3) is 0 Å². The summed E-state index contributed by atoms with van der Waals surface area (Å²) in [7, 11) is 0. The largest absolute Gasteiger partial charge is 0.550 e. The highest BCUT2D eigenvalue weighted by atomic mass is 16.6. The number of nitro groups is 1. The average Bonchev–Trinajstić information content (AvgIpc) is 2.86. The topological polar surface area (TPSA) is 104 Å². The fourth-order valence-electron chi connectivity index (χ4n) is 3.53. The first kappa shape index (κ1) is 19.3. The first-order chi connectivity index (χ1) is 13.2. The number of rotatable bonds is 5. The summed E-state index contributed by atoms with van der Waals surface area (Å²) < 4.78 is 0. The summed E-state index contributed by atoms with van der Waals surface area (Å²) in [5.74, 6) is -1.47. The van der Waals surface area contributed by atoms with Crippen LogP contribution in [0.2, 0.25) is 0 Å². The molecule has 3 rings (SSSR count). The van der Waals surface area contributed by atoms with E-state index in [4.69, 9.17) is 0 Å². The molecule has 1 aromatic carbocycles. The maximum Gasteiger partial charge on any atom is 0.270 e. The number of carboxylic acids is 1. The fraction of sp³-hybridized carbons (Fsp3) is 0.238. The van der Waals surface area contributed by atoms with Gasteiger partial charge in [0.15, 0.2) is 5.78 Å². The number of benzene rings is 1. The Kier molecular flexibility index (Phi) is 5.00.